The van der Waals surface area contributed by atoms with Crippen LogP contribution in [0.1, 0.15) is 105 Å². The summed E-state index contributed by atoms with van der Waals surface area (Å²) in [5, 5.41) is 0. The molecule has 0 amide bonds. The molecule has 0 bridgehead atoms. The van der Waals surface area contributed by atoms with Crippen LogP contribution in [0.3, 0.4) is 0 Å². The molecular formula is C31H55NO. The van der Waals surface area contributed by atoms with E-state index in [4.69, 9.17) is 4.74 Å². The zero-order valence-electron chi connectivity index (χ0n) is 23.2. The fourth-order valence-corrected chi connectivity index (χ4v) is 9.20. The Morgan fingerprint density at radius 2 is 1.79 bits per heavy atom. The second-order valence-corrected chi connectivity index (χ2v) is 13.8. The summed E-state index contributed by atoms with van der Waals surface area (Å²) in [6.07, 6.45) is 18.6. The maximum Gasteiger partial charge on any atom is 0.0613 e. The molecule has 0 spiro atoms. The van der Waals surface area contributed by atoms with Crippen LogP contribution >= 0.6 is 0 Å². The van der Waals surface area contributed by atoms with Gasteiger partial charge in [-0.25, -0.2) is 0 Å². The van der Waals surface area contributed by atoms with Crippen molar-refractivity contribution < 1.29 is 4.74 Å². The maximum atomic E-state index is 6.31. The monoisotopic (exact) mass is 457 g/mol. The van der Waals surface area contributed by atoms with Gasteiger partial charge in [0, 0.05) is 6.54 Å². The first-order chi connectivity index (χ1) is 15.6. The first kappa shape index (κ1) is 25.7. The van der Waals surface area contributed by atoms with Gasteiger partial charge in [-0.2, -0.15) is 0 Å². The van der Waals surface area contributed by atoms with Crippen LogP contribution in [0.5, 0.6) is 0 Å². The summed E-state index contributed by atoms with van der Waals surface area (Å²) in [5.74, 6) is 5.57. The molecule has 33 heavy (non-hydrogen) atoms. The van der Waals surface area contributed by atoms with Crippen LogP contribution in [0.4, 0.5) is 0 Å². The molecule has 1 unspecified atom stereocenters. The van der Waals surface area contributed by atoms with E-state index >= 15 is 0 Å². The fourth-order valence-electron chi connectivity index (χ4n) is 9.20. The Morgan fingerprint density at radius 1 is 1.00 bits per heavy atom. The molecule has 4 aliphatic carbocycles. The third kappa shape index (κ3) is 5.13. The summed E-state index contributed by atoms with van der Waals surface area (Å²) in [6, 6.07) is 0. The highest BCUT2D eigenvalue weighted by Gasteiger charge is 2.59. The fraction of sp³-hybridized carbons (Fsp3) is 0.935. The first-order valence-corrected chi connectivity index (χ1v) is 14.6. The Morgan fingerprint density at radius 3 is 2.52 bits per heavy atom. The van der Waals surface area contributed by atoms with Gasteiger partial charge >= 0.3 is 0 Å². The smallest absolute Gasteiger partial charge is 0.0613 e. The van der Waals surface area contributed by atoms with Crippen molar-refractivity contribution >= 4 is 0 Å². The molecule has 2 nitrogen and oxygen atoms in total. The zero-order chi connectivity index (χ0) is 23.8. The van der Waals surface area contributed by atoms with Crippen LogP contribution < -0.4 is 0 Å². The quantitative estimate of drug-likeness (QED) is 0.325. The molecule has 0 radical (unpaired) electrons. The standard InChI is InChI=1S/C31H55NO/c1-22(2)9-8-10-23(3)27-13-14-28-26-12-11-24-21-25(33-20-19-32(6)7)15-17-30(24,4)29(26)16-18-31(27,28)5/h11,22-23,25-29H,8-10,12-21H2,1-7H3/t23?,25-,26-,27+,28-,29-,30-,31+/m0/s1. The van der Waals surface area contributed by atoms with Crippen molar-refractivity contribution in [2.75, 3.05) is 27.2 Å². The van der Waals surface area contributed by atoms with E-state index in [1.165, 1.54) is 70.6 Å². The molecule has 190 valence electrons. The lowest BCUT2D eigenvalue weighted by atomic mass is 9.47. The lowest BCUT2D eigenvalue weighted by molar-refractivity contribution is -0.0644. The molecule has 0 aliphatic heterocycles. The minimum absolute atomic E-state index is 0.451. The van der Waals surface area contributed by atoms with Gasteiger partial charge in [0.25, 0.3) is 0 Å². The number of nitrogens with zero attached hydrogens (tertiary/aromatic N) is 1. The summed E-state index contributed by atoms with van der Waals surface area (Å²) in [5.41, 5.74) is 2.82. The number of ether oxygens (including phenoxy) is 1. The van der Waals surface area contributed by atoms with E-state index in [1.54, 1.807) is 5.57 Å². The van der Waals surface area contributed by atoms with Crippen LogP contribution in [0.25, 0.3) is 0 Å². The van der Waals surface area contributed by atoms with Crippen LogP contribution in [0, 0.1) is 46.3 Å². The Bertz CT molecular complexity index is 682. The van der Waals surface area contributed by atoms with E-state index in [0.717, 1.165) is 48.7 Å². The van der Waals surface area contributed by atoms with E-state index < -0.39 is 0 Å². The second-order valence-electron chi connectivity index (χ2n) is 13.8. The number of hydrogen-bond acceptors (Lipinski definition) is 2. The van der Waals surface area contributed by atoms with Gasteiger partial charge in [-0.1, -0.05) is 65.5 Å². The lowest BCUT2D eigenvalue weighted by Crippen LogP contribution is -2.51. The van der Waals surface area contributed by atoms with Gasteiger partial charge in [-0.3, -0.25) is 0 Å². The Hall–Kier alpha value is -0.340. The largest absolute Gasteiger partial charge is 0.377 e. The minimum Gasteiger partial charge on any atom is -0.377 e. The second kappa shape index (κ2) is 10.3. The molecule has 0 N–H and O–H groups in total. The SMILES string of the molecule is CC(C)CCCC(C)[C@H]1CC[C@H]2[C@@H]3CC=C4C[C@@H](OCCN(C)C)CC[C@]4(C)[C@H]3CC[C@]12C. The average Bonchev–Trinajstić information content (AvgIpc) is 3.10. The molecule has 4 rings (SSSR count). The van der Waals surface area contributed by atoms with Crippen LogP contribution in [0.2, 0.25) is 0 Å². The molecule has 2 heteroatoms. The van der Waals surface area contributed by atoms with Gasteiger partial charge in [0.1, 0.15) is 0 Å². The van der Waals surface area contributed by atoms with Crippen molar-refractivity contribution in [3.8, 4) is 0 Å². The topological polar surface area (TPSA) is 12.5 Å². The van der Waals surface area contributed by atoms with Crippen molar-refractivity contribution in [1.29, 1.82) is 0 Å². The van der Waals surface area contributed by atoms with E-state index in [9.17, 15) is 0 Å². The third-order valence-corrected chi connectivity index (χ3v) is 11.2. The molecule has 3 fully saturated rings. The molecule has 0 saturated heterocycles. The number of hydrogen-bond donors (Lipinski definition) is 0. The summed E-state index contributed by atoms with van der Waals surface area (Å²) < 4.78 is 6.31. The zero-order valence-corrected chi connectivity index (χ0v) is 23.2. The van der Waals surface area contributed by atoms with E-state index in [-0.39, 0.29) is 0 Å². The van der Waals surface area contributed by atoms with Gasteiger partial charge in [0.2, 0.25) is 0 Å². The van der Waals surface area contributed by atoms with Crippen LogP contribution in [-0.2, 0) is 4.74 Å². The Balaban J connectivity index is 1.41. The van der Waals surface area contributed by atoms with E-state index in [0.29, 0.717) is 16.9 Å². The first-order valence-electron chi connectivity index (χ1n) is 14.6. The van der Waals surface area contributed by atoms with Gasteiger partial charge in [0.15, 0.2) is 0 Å². The lowest BCUT2D eigenvalue weighted by Gasteiger charge is -2.58. The number of fused-ring (bicyclic) bond motifs is 5. The van der Waals surface area contributed by atoms with E-state index in [1.807, 2.05) is 0 Å². The van der Waals surface area contributed by atoms with Crippen molar-refractivity contribution in [2.45, 2.75) is 111 Å². The minimum atomic E-state index is 0.451. The molecule has 0 aromatic carbocycles. The van der Waals surface area contributed by atoms with Crippen molar-refractivity contribution in [2.24, 2.45) is 46.3 Å². The molecular weight excluding hydrogens is 402 g/mol. The Labute approximate surface area is 206 Å². The summed E-state index contributed by atoms with van der Waals surface area (Å²) in [7, 11) is 4.28. The molecule has 0 aromatic rings. The third-order valence-electron chi connectivity index (χ3n) is 11.2. The summed E-state index contributed by atoms with van der Waals surface area (Å²) in [6.45, 7) is 14.7. The average molecular weight is 458 g/mol. The van der Waals surface area contributed by atoms with Gasteiger partial charge in [0.05, 0.1) is 12.7 Å². The highest BCUT2D eigenvalue weighted by atomic mass is 16.5. The van der Waals surface area contributed by atoms with Crippen molar-refractivity contribution in [3.63, 3.8) is 0 Å². The van der Waals surface area contributed by atoms with Gasteiger partial charge in [-0.15, -0.1) is 0 Å². The van der Waals surface area contributed by atoms with Crippen LogP contribution in [0.15, 0.2) is 11.6 Å². The molecule has 3 saturated carbocycles. The van der Waals surface area contributed by atoms with Gasteiger partial charge < -0.3 is 9.64 Å². The normalized spacial score (nSPS) is 41.5. The van der Waals surface area contributed by atoms with Gasteiger partial charge in [-0.05, 0) is 112 Å². The van der Waals surface area contributed by atoms with Crippen molar-refractivity contribution in [1.82, 2.24) is 4.90 Å². The number of likely N-dealkylation sites (N-methyl/N-ethyl adjacent to an activating group) is 1. The van der Waals surface area contributed by atoms with Crippen LogP contribution in [-0.4, -0.2) is 38.3 Å². The Kier molecular flexibility index (Phi) is 8.06. The highest BCUT2D eigenvalue weighted by Crippen LogP contribution is 2.67. The molecule has 4 aliphatic rings. The number of rotatable bonds is 9. The molecule has 0 heterocycles. The maximum absolute atomic E-state index is 6.31. The molecule has 8 atom stereocenters. The number of allylic oxidation sites excluding steroid dienone is 1. The van der Waals surface area contributed by atoms with E-state index in [2.05, 4.69) is 59.7 Å². The predicted molar refractivity (Wildman–Crippen MR) is 141 cm³/mol. The summed E-state index contributed by atoms with van der Waals surface area (Å²) in [4.78, 5) is 2.23. The van der Waals surface area contributed by atoms with Crippen molar-refractivity contribution in [3.05, 3.63) is 11.6 Å². The molecule has 0 aromatic heterocycles. The highest BCUT2D eigenvalue weighted by molar-refractivity contribution is 5.25. The summed E-state index contributed by atoms with van der Waals surface area (Å²) >= 11 is 0. The predicted octanol–water partition coefficient (Wildman–Crippen LogP) is 7.97.